The quantitative estimate of drug-likeness (QED) is 0.829. The van der Waals surface area contributed by atoms with Crippen LogP contribution < -0.4 is 0 Å². The maximum Gasteiger partial charge on any atom is 0.217 e. The fourth-order valence-electron chi connectivity index (χ4n) is 2.48. The van der Waals surface area contributed by atoms with Crippen LogP contribution in [0.4, 0.5) is 0 Å². The van der Waals surface area contributed by atoms with Crippen LogP contribution in [0.2, 0.25) is 0 Å². The molecule has 0 spiro atoms. The minimum atomic E-state index is -3.34. The average molecular weight is 301 g/mol. The van der Waals surface area contributed by atoms with E-state index >= 15 is 0 Å². The molecule has 0 unspecified atom stereocenters. The zero-order valence-electron chi connectivity index (χ0n) is 12.6. The molecule has 0 N–H and O–H groups in total. The lowest BCUT2D eigenvalue weighted by Gasteiger charge is -2.27. The van der Waals surface area contributed by atoms with Crippen LogP contribution in [0.1, 0.15) is 31.5 Å². The maximum atomic E-state index is 12.5. The molecular formula is C13H23N3O3S. The summed E-state index contributed by atoms with van der Waals surface area (Å²) in [7, 11) is 0.100. The van der Waals surface area contributed by atoms with Crippen molar-refractivity contribution in [2.75, 3.05) is 19.4 Å². The number of aryl methyl sites for hydroxylation is 1. The first kappa shape index (κ1) is 15.5. The number of rotatable bonds is 4. The van der Waals surface area contributed by atoms with Crippen LogP contribution in [0.5, 0.6) is 0 Å². The standard InChI is InChI=1S/C13H23N3O3S/c1-13(2,19-4)10-20(17,18)16-7-5-6-12-11(9-16)8-14-15(12)3/h8H,5-7,9-10H2,1-4H3. The molecule has 6 nitrogen and oxygen atoms in total. The molecule has 0 aromatic carbocycles. The SMILES string of the molecule is COC(C)(C)CS(=O)(=O)N1CCCc2c(cnn2C)C1. The molecular weight excluding hydrogens is 278 g/mol. The second kappa shape index (κ2) is 5.46. The molecule has 0 aliphatic carbocycles. The Morgan fingerprint density at radius 2 is 2.15 bits per heavy atom. The van der Waals surface area contributed by atoms with Crippen molar-refractivity contribution in [3.05, 3.63) is 17.5 Å². The molecule has 0 saturated carbocycles. The summed E-state index contributed by atoms with van der Waals surface area (Å²) in [5.74, 6) is -0.00784. The predicted molar refractivity (Wildman–Crippen MR) is 76.8 cm³/mol. The molecule has 0 atom stereocenters. The van der Waals surface area contributed by atoms with Crippen molar-refractivity contribution in [3.63, 3.8) is 0 Å². The third kappa shape index (κ3) is 3.21. The Morgan fingerprint density at radius 1 is 1.45 bits per heavy atom. The Bertz CT molecular complexity index is 578. The van der Waals surface area contributed by atoms with Crippen molar-refractivity contribution in [3.8, 4) is 0 Å². The van der Waals surface area contributed by atoms with E-state index in [1.165, 1.54) is 7.11 Å². The topological polar surface area (TPSA) is 64.4 Å². The van der Waals surface area contributed by atoms with Crippen molar-refractivity contribution in [1.82, 2.24) is 14.1 Å². The van der Waals surface area contributed by atoms with Crippen LogP contribution >= 0.6 is 0 Å². The van der Waals surface area contributed by atoms with Gasteiger partial charge in [-0.1, -0.05) is 0 Å². The predicted octanol–water partition coefficient (Wildman–Crippen LogP) is 0.923. The number of hydrogen-bond acceptors (Lipinski definition) is 4. The van der Waals surface area contributed by atoms with Crippen molar-refractivity contribution in [1.29, 1.82) is 0 Å². The molecule has 2 heterocycles. The summed E-state index contributed by atoms with van der Waals surface area (Å²) in [5.41, 5.74) is 1.46. The van der Waals surface area contributed by atoms with Gasteiger partial charge in [0.1, 0.15) is 0 Å². The van der Waals surface area contributed by atoms with E-state index in [1.54, 1.807) is 24.3 Å². The van der Waals surface area contributed by atoms with E-state index in [0.717, 1.165) is 24.1 Å². The van der Waals surface area contributed by atoms with E-state index in [2.05, 4.69) is 5.10 Å². The van der Waals surface area contributed by atoms with E-state index < -0.39 is 15.6 Å². The first-order chi connectivity index (χ1) is 9.25. The van der Waals surface area contributed by atoms with Gasteiger partial charge >= 0.3 is 0 Å². The molecule has 1 aromatic rings. The monoisotopic (exact) mass is 301 g/mol. The van der Waals surface area contributed by atoms with Crippen molar-refractivity contribution < 1.29 is 13.2 Å². The van der Waals surface area contributed by atoms with Gasteiger partial charge in [-0.15, -0.1) is 0 Å². The Labute approximate surface area is 120 Å². The van der Waals surface area contributed by atoms with Crippen molar-refractivity contribution >= 4 is 10.0 Å². The Kier molecular flexibility index (Phi) is 4.22. The lowest BCUT2D eigenvalue weighted by Crippen LogP contribution is -2.41. The molecule has 1 aliphatic heterocycles. The second-order valence-corrected chi connectivity index (χ2v) is 7.87. The zero-order valence-corrected chi connectivity index (χ0v) is 13.4. The lowest BCUT2D eigenvalue weighted by molar-refractivity contribution is 0.0416. The van der Waals surface area contributed by atoms with Gasteiger partial charge in [-0.2, -0.15) is 9.40 Å². The van der Waals surface area contributed by atoms with Gasteiger partial charge in [-0.25, -0.2) is 8.42 Å². The summed E-state index contributed by atoms with van der Waals surface area (Å²) >= 11 is 0. The smallest absolute Gasteiger partial charge is 0.217 e. The molecule has 0 amide bonds. The minimum Gasteiger partial charge on any atom is -0.378 e. The van der Waals surface area contributed by atoms with Gasteiger partial charge in [0, 0.05) is 38.5 Å². The summed E-state index contributed by atoms with van der Waals surface area (Å²) in [6, 6.07) is 0. The molecule has 0 bridgehead atoms. The van der Waals surface area contributed by atoms with Crippen molar-refractivity contribution in [2.24, 2.45) is 7.05 Å². The summed E-state index contributed by atoms with van der Waals surface area (Å²) in [6.45, 7) is 4.54. The van der Waals surface area contributed by atoms with E-state index in [9.17, 15) is 8.42 Å². The van der Waals surface area contributed by atoms with Gasteiger partial charge in [0.25, 0.3) is 0 Å². The average Bonchev–Trinajstić information content (AvgIpc) is 2.59. The third-order valence-electron chi connectivity index (χ3n) is 3.79. The minimum absolute atomic E-state index is 0.00784. The second-order valence-electron chi connectivity index (χ2n) is 5.90. The highest BCUT2D eigenvalue weighted by molar-refractivity contribution is 7.89. The first-order valence-corrected chi connectivity index (χ1v) is 8.39. The van der Waals surface area contributed by atoms with E-state index in [1.807, 2.05) is 11.7 Å². The Hall–Kier alpha value is -0.920. The molecule has 0 fully saturated rings. The fourth-order valence-corrected chi connectivity index (χ4v) is 4.40. The number of fused-ring (bicyclic) bond motifs is 1. The lowest BCUT2D eigenvalue weighted by atomic mass is 10.2. The summed E-state index contributed by atoms with van der Waals surface area (Å²) in [5, 5.41) is 4.22. The highest BCUT2D eigenvalue weighted by Gasteiger charge is 2.32. The van der Waals surface area contributed by atoms with Gasteiger partial charge in [-0.05, 0) is 26.7 Å². The highest BCUT2D eigenvalue weighted by Crippen LogP contribution is 2.22. The fraction of sp³-hybridized carbons (Fsp3) is 0.769. The van der Waals surface area contributed by atoms with E-state index in [0.29, 0.717) is 13.1 Å². The van der Waals surface area contributed by atoms with Gasteiger partial charge < -0.3 is 4.74 Å². The molecule has 1 aliphatic rings. The number of nitrogens with zero attached hydrogens (tertiary/aromatic N) is 3. The molecule has 7 heteroatoms. The molecule has 1 aromatic heterocycles. The Balaban J connectivity index is 2.21. The normalized spacial score (nSPS) is 17.8. The largest absolute Gasteiger partial charge is 0.378 e. The van der Waals surface area contributed by atoms with Crippen molar-refractivity contribution in [2.45, 2.75) is 38.8 Å². The molecule has 20 heavy (non-hydrogen) atoms. The number of ether oxygens (including phenoxy) is 1. The molecule has 0 radical (unpaired) electrons. The van der Waals surface area contributed by atoms with Crippen LogP contribution in [0.15, 0.2) is 6.20 Å². The number of aromatic nitrogens is 2. The molecule has 2 rings (SSSR count). The zero-order chi connectivity index (χ0) is 15.0. The van der Waals surface area contributed by atoms with E-state index in [-0.39, 0.29) is 5.75 Å². The van der Waals surface area contributed by atoms with E-state index in [4.69, 9.17) is 4.74 Å². The van der Waals surface area contributed by atoms with Gasteiger partial charge in [0.15, 0.2) is 0 Å². The van der Waals surface area contributed by atoms with Crippen LogP contribution in [-0.2, 0) is 34.8 Å². The highest BCUT2D eigenvalue weighted by atomic mass is 32.2. The van der Waals surface area contributed by atoms with Crippen LogP contribution in [-0.4, -0.2) is 47.5 Å². The number of methoxy groups -OCH3 is 1. The maximum absolute atomic E-state index is 12.5. The van der Waals surface area contributed by atoms with Crippen LogP contribution in [0.3, 0.4) is 0 Å². The molecule has 114 valence electrons. The third-order valence-corrected chi connectivity index (χ3v) is 5.95. The number of hydrogen-bond donors (Lipinski definition) is 0. The van der Waals surface area contributed by atoms with Gasteiger partial charge in [0.05, 0.1) is 17.6 Å². The summed E-state index contributed by atoms with van der Waals surface area (Å²) in [4.78, 5) is 0. The van der Waals surface area contributed by atoms with Gasteiger partial charge in [-0.3, -0.25) is 4.68 Å². The summed E-state index contributed by atoms with van der Waals surface area (Å²) < 4.78 is 33.7. The number of sulfonamides is 1. The van der Waals surface area contributed by atoms with Gasteiger partial charge in [0.2, 0.25) is 10.0 Å². The van der Waals surface area contributed by atoms with Crippen LogP contribution in [0.25, 0.3) is 0 Å². The Morgan fingerprint density at radius 3 is 2.80 bits per heavy atom. The first-order valence-electron chi connectivity index (χ1n) is 6.78. The summed E-state index contributed by atoms with van der Waals surface area (Å²) in [6.07, 6.45) is 3.45. The molecule has 0 saturated heterocycles. The van der Waals surface area contributed by atoms with Crippen LogP contribution in [0, 0.1) is 0 Å².